The number of rotatable bonds is 7. The molecule has 0 aliphatic carbocycles. The highest BCUT2D eigenvalue weighted by Gasteiger charge is 2.16. The number of nitrogens with two attached hydrogens (primary N) is 2. The fraction of sp³-hybridized carbons (Fsp3) is 0.222. The number of fused-ring (bicyclic) bond motifs is 1. The molecule has 1 aromatic carbocycles. The van der Waals surface area contributed by atoms with Crippen molar-refractivity contribution in [2.24, 2.45) is 16.5 Å². The Morgan fingerprint density at radius 3 is 2.69 bits per heavy atom. The maximum Gasteiger partial charge on any atom is 0.276 e. The number of nitrogens with one attached hydrogen (secondary N) is 1. The summed E-state index contributed by atoms with van der Waals surface area (Å²) >= 11 is 0. The maximum atomic E-state index is 12.6. The van der Waals surface area contributed by atoms with Gasteiger partial charge >= 0.3 is 0 Å². The maximum absolute atomic E-state index is 12.6. The summed E-state index contributed by atoms with van der Waals surface area (Å²) in [6.07, 6.45) is 3.19. The molecule has 0 saturated carbocycles. The largest absolute Gasteiger partial charge is 0.402 e. The lowest BCUT2D eigenvalue weighted by Gasteiger charge is -2.08. The van der Waals surface area contributed by atoms with E-state index in [2.05, 4.69) is 21.9 Å². The number of allylic oxidation sites excluding steroid dienone is 2. The average Bonchev–Trinajstić information content (AvgIpc) is 2.91. The number of aromatic nitrogens is 2. The molecule has 2 amide bonds. The fourth-order valence-electron chi connectivity index (χ4n) is 2.43. The fourth-order valence-corrected chi connectivity index (χ4v) is 2.43. The summed E-state index contributed by atoms with van der Waals surface area (Å²) in [5, 5.41) is 2.74. The van der Waals surface area contributed by atoms with Gasteiger partial charge in [-0.05, 0) is 38.1 Å². The van der Waals surface area contributed by atoms with Crippen molar-refractivity contribution in [2.75, 3.05) is 11.9 Å². The molecule has 2 aromatic rings. The Bertz CT molecular complexity index is 919. The van der Waals surface area contributed by atoms with E-state index in [-0.39, 0.29) is 5.71 Å². The van der Waals surface area contributed by atoms with Gasteiger partial charge in [0.1, 0.15) is 5.71 Å². The van der Waals surface area contributed by atoms with E-state index in [9.17, 15) is 9.59 Å². The van der Waals surface area contributed by atoms with Gasteiger partial charge in [-0.25, -0.2) is 4.98 Å². The number of primary amides is 1. The molecule has 0 aliphatic rings. The molecular weight excluding hydrogens is 332 g/mol. The molecule has 8 nitrogen and oxygen atoms in total. The molecule has 0 fully saturated rings. The zero-order valence-corrected chi connectivity index (χ0v) is 14.8. The van der Waals surface area contributed by atoms with Gasteiger partial charge in [0.2, 0.25) is 11.9 Å². The molecule has 1 heterocycles. The molecule has 2 rings (SSSR count). The third kappa shape index (κ3) is 4.15. The lowest BCUT2D eigenvalue weighted by Crippen LogP contribution is -2.24. The SMILES string of the molecule is C=CCn1c(NC(=O)C(C=C(C)N)=NCC)nc2cc(C(N)=O)ccc21. The van der Waals surface area contributed by atoms with E-state index < -0.39 is 11.8 Å². The molecule has 5 N–H and O–H groups in total. The van der Waals surface area contributed by atoms with Gasteiger partial charge in [-0.15, -0.1) is 6.58 Å². The number of aliphatic imine (C=N–C) groups is 1. The van der Waals surface area contributed by atoms with Gasteiger partial charge in [0.05, 0.1) is 11.0 Å². The van der Waals surface area contributed by atoms with E-state index in [1.165, 1.54) is 6.08 Å². The van der Waals surface area contributed by atoms with Gasteiger partial charge in [-0.2, -0.15) is 0 Å². The predicted molar refractivity (Wildman–Crippen MR) is 103 cm³/mol. The van der Waals surface area contributed by atoms with Gasteiger partial charge < -0.3 is 16.0 Å². The zero-order chi connectivity index (χ0) is 19.3. The van der Waals surface area contributed by atoms with Gasteiger partial charge in [0.15, 0.2) is 0 Å². The second-order valence-corrected chi connectivity index (χ2v) is 5.60. The Kier molecular flexibility index (Phi) is 5.90. The summed E-state index contributed by atoms with van der Waals surface area (Å²) in [6.45, 7) is 8.10. The molecule has 0 atom stereocenters. The van der Waals surface area contributed by atoms with E-state index in [1.807, 2.05) is 6.92 Å². The Morgan fingerprint density at radius 2 is 2.12 bits per heavy atom. The van der Waals surface area contributed by atoms with Crippen LogP contribution >= 0.6 is 0 Å². The number of nitrogens with zero attached hydrogens (tertiary/aromatic N) is 3. The van der Waals surface area contributed by atoms with Crippen molar-refractivity contribution >= 4 is 34.5 Å². The number of imidazole rings is 1. The van der Waals surface area contributed by atoms with Crippen LogP contribution in [0.15, 0.2) is 47.6 Å². The van der Waals surface area contributed by atoms with Crippen LogP contribution in [0.1, 0.15) is 24.2 Å². The summed E-state index contributed by atoms with van der Waals surface area (Å²) < 4.78 is 1.77. The van der Waals surface area contributed by atoms with Crippen LogP contribution in [0.3, 0.4) is 0 Å². The smallest absolute Gasteiger partial charge is 0.276 e. The van der Waals surface area contributed by atoms with Gasteiger partial charge in [0.25, 0.3) is 5.91 Å². The first-order chi connectivity index (χ1) is 12.4. The van der Waals surface area contributed by atoms with Crippen molar-refractivity contribution in [1.29, 1.82) is 0 Å². The van der Waals surface area contributed by atoms with E-state index in [1.54, 1.807) is 35.8 Å². The number of anilines is 1. The minimum atomic E-state index is -0.545. The van der Waals surface area contributed by atoms with Crippen molar-refractivity contribution < 1.29 is 9.59 Å². The molecule has 1 aromatic heterocycles. The molecule has 136 valence electrons. The molecule has 8 heteroatoms. The highest BCUT2D eigenvalue weighted by Crippen LogP contribution is 2.21. The van der Waals surface area contributed by atoms with Crippen LogP contribution < -0.4 is 16.8 Å². The summed E-state index contributed by atoms with van der Waals surface area (Å²) in [4.78, 5) is 32.5. The number of carbonyl (C=O) groups is 2. The second kappa shape index (κ2) is 8.11. The monoisotopic (exact) mass is 354 g/mol. The van der Waals surface area contributed by atoms with Crippen LogP contribution in [0.25, 0.3) is 11.0 Å². The molecule has 0 radical (unpaired) electrons. The average molecular weight is 354 g/mol. The number of amides is 2. The lowest BCUT2D eigenvalue weighted by atomic mass is 10.2. The zero-order valence-electron chi connectivity index (χ0n) is 14.8. The second-order valence-electron chi connectivity index (χ2n) is 5.60. The van der Waals surface area contributed by atoms with Gasteiger partial charge in [-0.1, -0.05) is 6.08 Å². The van der Waals surface area contributed by atoms with E-state index in [0.717, 1.165) is 5.52 Å². The van der Waals surface area contributed by atoms with Crippen LogP contribution in [0.5, 0.6) is 0 Å². The Hall–Kier alpha value is -3.42. The Morgan fingerprint density at radius 1 is 1.38 bits per heavy atom. The van der Waals surface area contributed by atoms with Crippen molar-refractivity contribution in [3.63, 3.8) is 0 Å². The molecule has 0 unspecified atom stereocenters. The van der Waals surface area contributed by atoms with Crippen molar-refractivity contribution in [1.82, 2.24) is 9.55 Å². The number of hydrogen-bond acceptors (Lipinski definition) is 5. The lowest BCUT2D eigenvalue weighted by molar-refractivity contribution is -0.110. The first-order valence-electron chi connectivity index (χ1n) is 8.08. The van der Waals surface area contributed by atoms with Crippen molar-refractivity contribution in [3.05, 3.63) is 48.2 Å². The molecule has 26 heavy (non-hydrogen) atoms. The molecular formula is C18H22N6O2. The number of hydrogen-bond donors (Lipinski definition) is 3. The van der Waals surface area contributed by atoms with E-state index in [0.29, 0.717) is 35.8 Å². The molecule has 0 bridgehead atoms. The van der Waals surface area contributed by atoms with Crippen LogP contribution in [-0.2, 0) is 11.3 Å². The van der Waals surface area contributed by atoms with E-state index in [4.69, 9.17) is 11.5 Å². The minimum Gasteiger partial charge on any atom is -0.402 e. The Labute approximate surface area is 151 Å². The highest BCUT2D eigenvalue weighted by atomic mass is 16.2. The summed E-state index contributed by atoms with van der Waals surface area (Å²) in [5.41, 5.74) is 13.3. The normalized spacial score (nSPS) is 12.2. The summed E-state index contributed by atoms with van der Waals surface area (Å²) in [7, 11) is 0. The minimum absolute atomic E-state index is 0.211. The first kappa shape index (κ1) is 18.9. The summed E-state index contributed by atoms with van der Waals surface area (Å²) in [5.74, 6) is -0.650. The topological polar surface area (TPSA) is 128 Å². The molecule has 0 spiro atoms. The third-order valence-corrected chi connectivity index (χ3v) is 3.50. The quantitative estimate of drug-likeness (QED) is 0.515. The predicted octanol–water partition coefficient (Wildman–Crippen LogP) is 1.58. The Balaban J connectivity index is 2.47. The van der Waals surface area contributed by atoms with Crippen molar-refractivity contribution in [2.45, 2.75) is 20.4 Å². The van der Waals surface area contributed by atoms with Crippen LogP contribution in [0, 0.1) is 0 Å². The van der Waals surface area contributed by atoms with Crippen molar-refractivity contribution in [3.8, 4) is 0 Å². The van der Waals surface area contributed by atoms with Crippen LogP contribution in [0.4, 0.5) is 5.95 Å². The van der Waals surface area contributed by atoms with Gasteiger partial charge in [0, 0.05) is 24.4 Å². The molecule has 0 saturated heterocycles. The third-order valence-electron chi connectivity index (χ3n) is 3.50. The molecule has 0 aliphatic heterocycles. The van der Waals surface area contributed by atoms with Crippen LogP contribution in [0.2, 0.25) is 0 Å². The van der Waals surface area contributed by atoms with Gasteiger partial charge in [-0.3, -0.25) is 19.9 Å². The highest BCUT2D eigenvalue weighted by molar-refractivity contribution is 6.47. The number of carbonyl (C=O) groups excluding carboxylic acids is 2. The van der Waals surface area contributed by atoms with Crippen LogP contribution in [-0.4, -0.2) is 33.6 Å². The summed E-state index contributed by atoms with van der Waals surface area (Å²) in [6, 6.07) is 4.92. The van der Waals surface area contributed by atoms with E-state index >= 15 is 0 Å². The number of benzene rings is 1. The standard InChI is InChI=1S/C18H22N6O2/c1-4-8-24-15-7-6-12(16(20)25)10-13(15)22-18(24)23-17(26)14(21-5-2)9-11(3)19/h4,6-7,9-10H,1,5,8,19H2,2-3H3,(H2,20,25)(H,22,23,26). The first-order valence-corrected chi connectivity index (χ1v) is 8.08.